The summed E-state index contributed by atoms with van der Waals surface area (Å²) in [6.45, 7) is 6.01. The molecule has 274 valence electrons. The molecule has 0 radical (unpaired) electrons. The maximum atomic E-state index is 15.0. The third-order valence-electron chi connectivity index (χ3n) is 10.4. The number of hydrogen-bond acceptors (Lipinski definition) is 7. The number of aromatic hydroxyl groups is 1. The van der Waals surface area contributed by atoms with E-state index in [1.54, 1.807) is 36.4 Å². The molecule has 0 spiro atoms. The van der Waals surface area contributed by atoms with E-state index in [1.807, 2.05) is 41.6 Å². The first-order valence-electron chi connectivity index (χ1n) is 17.4. The number of fused-ring (bicyclic) bond motifs is 2. The van der Waals surface area contributed by atoms with Crippen LogP contribution in [0.1, 0.15) is 37.5 Å². The molecule has 5 aromatic rings. The van der Waals surface area contributed by atoms with Gasteiger partial charge in [0.05, 0.1) is 30.0 Å². The topological polar surface area (TPSA) is 96.7 Å². The van der Waals surface area contributed by atoms with E-state index in [1.165, 1.54) is 34.7 Å². The first-order valence-corrected chi connectivity index (χ1v) is 17.4. The van der Waals surface area contributed by atoms with Gasteiger partial charge in [-0.2, -0.15) is 0 Å². The van der Waals surface area contributed by atoms with Crippen molar-refractivity contribution in [2.45, 2.75) is 25.9 Å². The van der Waals surface area contributed by atoms with Crippen molar-refractivity contribution in [1.29, 1.82) is 0 Å². The minimum absolute atomic E-state index is 0. The first kappa shape index (κ1) is 36.0. The van der Waals surface area contributed by atoms with Gasteiger partial charge < -0.3 is 28.8 Å². The molecule has 0 aliphatic carbocycles. The Labute approximate surface area is 313 Å². The molecule has 4 aromatic carbocycles. The number of carbonyl (C=O) groups is 2. The molecule has 3 aliphatic rings. The van der Waals surface area contributed by atoms with E-state index in [-0.39, 0.29) is 36.9 Å². The van der Waals surface area contributed by atoms with E-state index in [9.17, 15) is 19.1 Å². The fourth-order valence-corrected chi connectivity index (χ4v) is 7.45. The summed E-state index contributed by atoms with van der Waals surface area (Å²) in [6, 6.07) is 25.5. The predicted octanol–water partition coefficient (Wildman–Crippen LogP) is 6.87. The Balaban J connectivity index is 0.00000435. The molecule has 1 atom stereocenters. The van der Waals surface area contributed by atoms with Crippen LogP contribution in [0.3, 0.4) is 0 Å². The number of rotatable bonds is 7. The number of amides is 2. The SMILES string of the molecule is Cc1c(C(=O)N(c2ccc(O)cc2)c2cccc(F)c2)cc(-c2cc3c(cc2C(=O)N2Cc4ccccc4C[C@H]2CN2CCOCC2)OCO3)n1C.Cl. The quantitative estimate of drug-likeness (QED) is 0.195. The molecule has 0 bridgehead atoms. The summed E-state index contributed by atoms with van der Waals surface area (Å²) in [7, 11) is 1.85. The average molecular weight is 739 g/mol. The van der Waals surface area contributed by atoms with Gasteiger partial charge in [0.15, 0.2) is 11.5 Å². The largest absolute Gasteiger partial charge is 0.508 e. The van der Waals surface area contributed by atoms with Crippen molar-refractivity contribution >= 4 is 35.6 Å². The molecule has 1 saturated heterocycles. The van der Waals surface area contributed by atoms with Gasteiger partial charge in [-0.3, -0.25) is 19.4 Å². The standard InChI is InChI=1S/C41H39FN4O6.ClH/c1-26-34(41(49)46(30-10-12-33(47)13-11-30)31-9-5-8-29(42)19-31)20-37(43(26)2)35-21-38-39(52-25-51-38)22-36(35)40(48)45-23-28-7-4-3-6-27(28)18-32(45)24-44-14-16-50-17-15-44;/h3-13,19-22,32,47H,14-18,23-25H2,1-2H3;1H/t32-;/m0./s1. The Hall–Kier alpha value is -5.36. The van der Waals surface area contributed by atoms with Crippen molar-refractivity contribution in [3.05, 3.63) is 125 Å². The van der Waals surface area contributed by atoms with Crippen LogP contribution < -0.4 is 14.4 Å². The second-order valence-corrected chi connectivity index (χ2v) is 13.4. The Kier molecular flexibility index (Phi) is 10.2. The van der Waals surface area contributed by atoms with Crippen molar-refractivity contribution in [3.63, 3.8) is 0 Å². The molecule has 12 heteroatoms. The van der Waals surface area contributed by atoms with E-state index in [4.69, 9.17) is 14.2 Å². The fourth-order valence-electron chi connectivity index (χ4n) is 7.45. The fraction of sp³-hybridized carbons (Fsp3) is 0.268. The van der Waals surface area contributed by atoms with E-state index >= 15 is 0 Å². The lowest BCUT2D eigenvalue weighted by Crippen LogP contribution is -2.52. The molecule has 0 saturated carbocycles. The van der Waals surface area contributed by atoms with Gasteiger partial charge in [0, 0.05) is 61.9 Å². The van der Waals surface area contributed by atoms with Crippen molar-refractivity contribution in [2.75, 3.05) is 44.5 Å². The van der Waals surface area contributed by atoms with E-state index < -0.39 is 11.7 Å². The first-order chi connectivity index (χ1) is 25.2. The lowest BCUT2D eigenvalue weighted by molar-refractivity contribution is 0.0193. The molecule has 8 rings (SSSR count). The number of phenols is 1. The van der Waals surface area contributed by atoms with Crippen LogP contribution in [0.5, 0.6) is 17.2 Å². The van der Waals surface area contributed by atoms with Gasteiger partial charge in [0.1, 0.15) is 11.6 Å². The number of aromatic nitrogens is 1. The lowest BCUT2D eigenvalue weighted by Gasteiger charge is -2.40. The number of anilines is 2. The summed E-state index contributed by atoms with van der Waals surface area (Å²) in [4.78, 5) is 35.3. The molecular formula is C41H40ClFN4O6. The summed E-state index contributed by atoms with van der Waals surface area (Å²) in [5.41, 5.74) is 5.83. The Morgan fingerprint density at radius 3 is 2.32 bits per heavy atom. The maximum Gasteiger partial charge on any atom is 0.264 e. The Bertz CT molecular complexity index is 2170. The summed E-state index contributed by atoms with van der Waals surface area (Å²) >= 11 is 0. The third-order valence-corrected chi connectivity index (χ3v) is 10.4. The van der Waals surface area contributed by atoms with Gasteiger partial charge in [-0.25, -0.2) is 4.39 Å². The van der Waals surface area contributed by atoms with Gasteiger partial charge in [-0.1, -0.05) is 30.3 Å². The van der Waals surface area contributed by atoms with Crippen LogP contribution in [-0.2, 0) is 24.8 Å². The number of hydrogen-bond donors (Lipinski definition) is 1. The molecule has 4 heterocycles. The molecule has 3 aliphatic heterocycles. The Morgan fingerprint density at radius 1 is 0.868 bits per heavy atom. The second-order valence-electron chi connectivity index (χ2n) is 13.4. The van der Waals surface area contributed by atoms with Gasteiger partial charge in [-0.05, 0) is 85.1 Å². The highest BCUT2D eigenvalue weighted by molar-refractivity contribution is 6.12. The summed E-state index contributed by atoms with van der Waals surface area (Å²) < 4.78 is 33.6. The summed E-state index contributed by atoms with van der Waals surface area (Å²) in [5, 5.41) is 9.97. The summed E-state index contributed by atoms with van der Waals surface area (Å²) in [6.07, 6.45) is 0.730. The van der Waals surface area contributed by atoms with Crippen molar-refractivity contribution in [1.82, 2.24) is 14.4 Å². The minimum atomic E-state index is -0.490. The maximum absolute atomic E-state index is 15.0. The van der Waals surface area contributed by atoms with Crippen molar-refractivity contribution < 1.29 is 33.3 Å². The van der Waals surface area contributed by atoms with Gasteiger partial charge >= 0.3 is 0 Å². The zero-order valence-corrected chi connectivity index (χ0v) is 30.3. The number of morpholine rings is 1. The molecule has 0 unspecified atom stereocenters. The highest BCUT2D eigenvalue weighted by Gasteiger charge is 2.35. The minimum Gasteiger partial charge on any atom is -0.508 e. The van der Waals surface area contributed by atoms with Crippen LogP contribution in [0.4, 0.5) is 15.8 Å². The zero-order chi connectivity index (χ0) is 35.9. The predicted molar refractivity (Wildman–Crippen MR) is 201 cm³/mol. The van der Waals surface area contributed by atoms with Gasteiger partial charge in [0.2, 0.25) is 6.79 Å². The van der Waals surface area contributed by atoms with E-state index in [0.717, 1.165) is 31.6 Å². The van der Waals surface area contributed by atoms with Crippen LogP contribution >= 0.6 is 12.4 Å². The van der Waals surface area contributed by atoms with Crippen LogP contribution in [0.2, 0.25) is 0 Å². The third kappa shape index (κ3) is 6.95. The zero-order valence-electron chi connectivity index (χ0n) is 29.5. The number of nitrogens with zero attached hydrogens (tertiary/aromatic N) is 4. The second kappa shape index (κ2) is 14.9. The molecule has 10 nitrogen and oxygen atoms in total. The smallest absolute Gasteiger partial charge is 0.264 e. The normalized spacial score (nSPS) is 16.5. The van der Waals surface area contributed by atoms with Crippen LogP contribution in [0.15, 0.2) is 91.0 Å². The van der Waals surface area contributed by atoms with Crippen molar-refractivity contribution in [3.8, 4) is 28.5 Å². The van der Waals surface area contributed by atoms with Crippen LogP contribution in [-0.4, -0.2) is 77.0 Å². The molecule has 1 N–H and O–H groups in total. The lowest BCUT2D eigenvalue weighted by atomic mass is 9.92. The Morgan fingerprint density at radius 2 is 1.58 bits per heavy atom. The molecular weight excluding hydrogens is 699 g/mol. The highest BCUT2D eigenvalue weighted by Crippen LogP contribution is 2.42. The highest BCUT2D eigenvalue weighted by atomic mass is 35.5. The number of ether oxygens (including phenoxy) is 3. The van der Waals surface area contributed by atoms with E-state index in [2.05, 4.69) is 17.0 Å². The number of carbonyl (C=O) groups excluding carboxylic acids is 2. The monoisotopic (exact) mass is 738 g/mol. The van der Waals surface area contributed by atoms with Gasteiger partial charge in [0.25, 0.3) is 11.8 Å². The number of phenolic OH excluding ortho intramolecular Hbond substituents is 1. The molecule has 53 heavy (non-hydrogen) atoms. The van der Waals surface area contributed by atoms with Gasteiger partial charge in [-0.15, -0.1) is 12.4 Å². The summed E-state index contributed by atoms with van der Waals surface area (Å²) in [5.74, 6) is 0.00715. The van der Waals surface area contributed by atoms with E-state index in [0.29, 0.717) is 70.7 Å². The molecule has 2 amide bonds. The van der Waals surface area contributed by atoms with Crippen LogP contribution in [0, 0.1) is 12.7 Å². The molecule has 1 fully saturated rings. The number of benzene rings is 4. The molecule has 1 aromatic heterocycles. The van der Waals surface area contributed by atoms with Crippen molar-refractivity contribution in [2.24, 2.45) is 7.05 Å². The average Bonchev–Trinajstić information content (AvgIpc) is 3.74. The van der Waals surface area contributed by atoms with Crippen LogP contribution in [0.25, 0.3) is 11.3 Å². The number of halogens is 2.